The van der Waals surface area contributed by atoms with E-state index in [9.17, 15) is 27.6 Å². The summed E-state index contributed by atoms with van der Waals surface area (Å²) in [6.45, 7) is 5.76. The molecule has 0 saturated carbocycles. The first kappa shape index (κ1) is 32.0. The van der Waals surface area contributed by atoms with Crippen LogP contribution in [0.15, 0.2) is 88.4 Å². The van der Waals surface area contributed by atoms with Crippen LogP contribution in [0.2, 0.25) is 0 Å². The van der Waals surface area contributed by atoms with Crippen LogP contribution in [0.3, 0.4) is 0 Å². The molecule has 0 bridgehead atoms. The summed E-state index contributed by atoms with van der Waals surface area (Å²) in [5.74, 6) is -1.18. The number of aromatic nitrogens is 4. The lowest BCUT2D eigenvalue weighted by atomic mass is 10.0. The van der Waals surface area contributed by atoms with Gasteiger partial charge in [-0.25, -0.2) is 23.8 Å². The molecule has 3 aromatic carbocycles. The van der Waals surface area contributed by atoms with Gasteiger partial charge in [-0.05, 0) is 66.4 Å². The minimum absolute atomic E-state index is 0.0239. The van der Waals surface area contributed by atoms with Crippen LogP contribution in [0.25, 0.3) is 22.8 Å². The van der Waals surface area contributed by atoms with Gasteiger partial charge in [0.05, 0.1) is 17.4 Å². The largest absolute Gasteiger partial charge is 0.573 e. The number of benzene rings is 3. The Morgan fingerprint density at radius 1 is 1.09 bits per heavy atom. The number of ether oxygens (including phenoxy) is 1. The number of nitrogens with zero attached hydrogens (tertiary/aromatic N) is 7. The van der Waals surface area contributed by atoms with E-state index in [-0.39, 0.29) is 17.5 Å². The van der Waals surface area contributed by atoms with Gasteiger partial charge in [0, 0.05) is 22.9 Å². The number of hydrogen-bond acceptors (Lipinski definition) is 6. The molecule has 2 aromatic heterocycles. The number of rotatable bonds is 7. The Balaban J connectivity index is 1.31. The number of aliphatic imine (C=N–C) groups is 1. The second kappa shape index (κ2) is 13.3. The highest BCUT2D eigenvalue weighted by atomic mass is 32.1. The monoisotopic (exact) mass is 647 g/mol. The molecule has 9 nitrogen and oxygen atoms in total. The lowest BCUT2D eigenvalue weighted by Crippen LogP contribution is -2.18. The van der Waals surface area contributed by atoms with Gasteiger partial charge in [0.1, 0.15) is 23.8 Å². The van der Waals surface area contributed by atoms with E-state index in [1.165, 1.54) is 65.0 Å². The van der Waals surface area contributed by atoms with E-state index in [1.807, 2.05) is 26.2 Å². The number of halogens is 4. The van der Waals surface area contributed by atoms with Crippen LogP contribution in [0, 0.1) is 24.1 Å². The molecule has 46 heavy (non-hydrogen) atoms. The Hall–Kier alpha value is -5.42. The van der Waals surface area contributed by atoms with Gasteiger partial charge < -0.3 is 4.74 Å². The van der Waals surface area contributed by atoms with Crippen molar-refractivity contribution in [2.24, 2.45) is 9.98 Å². The minimum Gasteiger partial charge on any atom is -0.406 e. The molecule has 5 aromatic rings. The molecule has 0 radical (unpaired) electrons. The Kier molecular flexibility index (Phi) is 9.24. The summed E-state index contributed by atoms with van der Waals surface area (Å²) in [7, 11) is 0. The van der Waals surface area contributed by atoms with Crippen molar-refractivity contribution >= 4 is 23.6 Å². The summed E-state index contributed by atoms with van der Waals surface area (Å²) in [4.78, 5) is 25.4. The number of thiazole rings is 1. The first-order valence-corrected chi connectivity index (χ1v) is 14.7. The Labute approximate surface area is 264 Å². The van der Waals surface area contributed by atoms with E-state index in [0.29, 0.717) is 33.1 Å². The van der Waals surface area contributed by atoms with E-state index in [4.69, 9.17) is 0 Å². The molecule has 0 spiro atoms. The smallest absolute Gasteiger partial charge is 0.406 e. The van der Waals surface area contributed by atoms with Gasteiger partial charge in [0.15, 0.2) is 10.6 Å². The molecule has 0 aliphatic carbocycles. The molecule has 2 amide bonds. The molecule has 14 heteroatoms. The highest BCUT2D eigenvalue weighted by Crippen LogP contribution is 2.26. The number of hydrogen-bond donors (Lipinski definition) is 0. The molecule has 1 unspecified atom stereocenters. The molecular formula is C32H25F4N7O2S. The molecule has 2 heterocycles. The maximum Gasteiger partial charge on any atom is 0.573 e. The van der Waals surface area contributed by atoms with E-state index >= 15 is 0 Å². The normalized spacial score (nSPS) is 12.9. The average Bonchev–Trinajstić information content (AvgIpc) is 3.64. The van der Waals surface area contributed by atoms with Crippen LogP contribution in [-0.2, 0) is 0 Å². The first-order chi connectivity index (χ1) is 21.9. The highest BCUT2D eigenvalue weighted by Gasteiger charge is 2.31. The van der Waals surface area contributed by atoms with Gasteiger partial charge in [0.25, 0.3) is 0 Å². The number of nitriles is 1. The van der Waals surface area contributed by atoms with E-state index in [0.717, 1.165) is 11.3 Å². The number of aryl methyl sites for hydroxylation is 1. The number of carbonyl (C=O) groups excluding carboxylic acids is 1. The molecule has 0 fully saturated rings. The van der Waals surface area contributed by atoms with Gasteiger partial charge in [-0.2, -0.15) is 10.3 Å². The van der Waals surface area contributed by atoms with Crippen LogP contribution in [0.4, 0.5) is 22.4 Å². The standard InChI is InChI=1S/C32H25F4N7O2S/c1-19(2)27-14-24(33)8-13-28(27)43-20(3)17-46-31(43)40-30(44)38-16-23(15-37)21-4-6-22(7-5-21)29-39-18-42(41-29)25-9-11-26(12-10-25)45-32(34,35)36/h4-14,16-19,23H,1-3H3. The highest BCUT2D eigenvalue weighted by molar-refractivity contribution is 7.07. The number of carbonyl (C=O) groups is 1. The molecule has 0 aliphatic heterocycles. The Bertz CT molecular complexity index is 2000. The second-order valence-corrected chi connectivity index (χ2v) is 11.1. The van der Waals surface area contributed by atoms with Crippen molar-refractivity contribution in [1.29, 1.82) is 5.26 Å². The summed E-state index contributed by atoms with van der Waals surface area (Å²) in [5, 5.41) is 16.0. The molecule has 5 rings (SSSR count). The second-order valence-electron chi connectivity index (χ2n) is 10.3. The topological polar surface area (TPSA) is 110 Å². The summed E-state index contributed by atoms with van der Waals surface area (Å²) >= 11 is 1.25. The average molecular weight is 648 g/mol. The third-order valence-electron chi connectivity index (χ3n) is 6.75. The lowest BCUT2D eigenvalue weighted by Gasteiger charge is -2.15. The van der Waals surface area contributed by atoms with Crippen LogP contribution >= 0.6 is 11.3 Å². The molecule has 0 N–H and O–H groups in total. The van der Waals surface area contributed by atoms with Crippen LogP contribution in [0.5, 0.6) is 5.75 Å². The van der Waals surface area contributed by atoms with E-state index < -0.39 is 18.3 Å². The van der Waals surface area contributed by atoms with Crippen molar-refractivity contribution in [3.8, 4) is 34.6 Å². The summed E-state index contributed by atoms with van der Waals surface area (Å²) < 4.78 is 58.3. The minimum atomic E-state index is -4.79. The summed E-state index contributed by atoms with van der Waals surface area (Å²) in [5.41, 5.74) is 3.96. The quantitative estimate of drug-likeness (QED) is 0.133. The van der Waals surface area contributed by atoms with Crippen molar-refractivity contribution in [1.82, 2.24) is 19.3 Å². The SMILES string of the molecule is Cc1csc(=NC(=O)N=CC(C#N)c2ccc(-c3ncn(-c4ccc(OC(F)(F)F)cc4)n3)cc2)n1-c1ccc(F)cc1C(C)C. The molecule has 234 valence electrons. The Morgan fingerprint density at radius 2 is 1.80 bits per heavy atom. The fraction of sp³-hybridized carbons (Fsp3) is 0.188. The number of urea groups is 1. The van der Waals surface area contributed by atoms with Gasteiger partial charge >= 0.3 is 12.4 Å². The number of alkyl halides is 3. The van der Waals surface area contributed by atoms with Crippen molar-refractivity contribution < 1.29 is 27.1 Å². The van der Waals surface area contributed by atoms with Crippen molar-refractivity contribution in [3.63, 3.8) is 0 Å². The Morgan fingerprint density at radius 3 is 2.46 bits per heavy atom. The number of amides is 2. The molecular weight excluding hydrogens is 622 g/mol. The zero-order valence-electron chi connectivity index (χ0n) is 24.6. The molecule has 1 atom stereocenters. The van der Waals surface area contributed by atoms with Gasteiger partial charge in [-0.15, -0.1) is 29.6 Å². The zero-order chi connectivity index (χ0) is 33.0. The predicted molar refractivity (Wildman–Crippen MR) is 164 cm³/mol. The fourth-order valence-electron chi connectivity index (χ4n) is 4.56. The third kappa shape index (κ3) is 7.44. The zero-order valence-corrected chi connectivity index (χ0v) is 25.4. The van der Waals surface area contributed by atoms with Crippen LogP contribution in [0.1, 0.15) is 42.5 Å². The van der Waals surface area contributed by atoms with Crippen LogP contribution in [-0.4, -0.2) is 37.9 Å². The summed E-state index contributed by atoms with van der Waals surface area (Å²) in [6, 6.07) is 17.7. The fourth-order valence-corrected chi connectivity index (χ4v) is 5.42. The first-order valence-electron chi connectivity index (χ1n) is 13.8. The predicted octanol–water partition coefficient (Wildman–Crippen LogP) is 7.65. The van der Waals surface area contributed by atoms with Crippen LogP contribution < -0.4 is 9.54 Å². The van der Waals surface area contributed by atoms with Gasteiger partial charge in [0.2, 0.25) is 0 Å². The van der Waals surface area contributed by atoms with E-state index in [2.05, 4.69) is 30.9 Å². The van der Waals surface area contributed by atoms with Crippen molar-refractivity contribution in [2.45, 2.75) is 39.0 Å². The maximum atomic E-state index is 14.0. The maximum absolute atomic E-state index is 14.0. The van der Waals surface area contributed by atoms with Crippen molar-refractivity contribution in [2.75, 3.05) is 0 Å². The van der Waals surface area contributed by atoms with Gasteiger partial charge in [-0.3, -0.25) is 4.57 Å². The van der Waals surface area contributed by atoms with Gasteiger partial charge in [-0.1, -0.05) is 38.1 Å². The molecule has 0 aliphatic rings. The van der Waals surface area contributed by atoms with E-state index in [1.54, 1.807) is 34.9 Å². The third-order valence-corrected chi connectivity index (χ3v) is 7.69. The molecule has 0 saturated heterocycles. The lowest BCUT2D eigenvalue weighted by molar-refractivity contribution is -0.274. The van der Waals surface area contributed by atoms with Crippen molar-refractivity contribution in [3.05, 3.63) is 106 Å². The summed E-state index contributed by atoms with van der Waals surface area (Å²) in [6.07, 6.45) is -2.14.